The Hall–Kier alpha value is -2.49. The molecule has 0 heterocycles. The fourth-order valence-corrected chi connectivity index (χ4v) is 2.74. The molecule has 0 saturated carbocycles. The predicted molar refractivity (Wildman–Crippen MR) is 117 cm³/mol. The second kappa shape index (κ2) is 12.2. The van der Waals surface area contributed by atoms with Crippen LogP contribution in [-0.4, -0.2) is 6.61 Å². The van der Waals surface area contributed by atoms with Gasteiger partial charge in [-0.3, -0.25) is 0 Å². The third-order valence-electron chi connectivity index (χ3n) is 4.68. The van der Waals surface area contributed by atoms with Crippen LogP contribution in [0.5, 0.6) is 0 Å². The molecule has 0 bridgehead atoms. The average Bonchev–Trinajstić information content (AvgIpc) is 2.70. The van der Waals surface area contributed by atoms with Crippen molar-refractivity contribution >= 4 is 12.2 Å². The zero-order valence-electron chi connectivity index (χ0n) is 17.8. The summed E-state index contributed by atoms with van der Waals surface area (Å²) in [6, 6.07) is 5.10. The minimum Gasteiger partial charge on any atom is -0.491 e. The molecule has 0 aliphatic carbocycles. The van der Waals surface area contributed by atoms with Gasteiger partial charge < -0.3 is 4.74 Å². The molecular formula is C25H31F3O. The van der Waals surface area contributed by atoms with Gasteiger partial charge in [-0.2, -0.15) is 4.39 Å². The van der Waals surface area contributed by atoms with Crippen LogP contribution < -0.4 is 0 Å². The lowest BCUT2D eigenvalue weighted by Crippen LogP contribution is -2.04. The summed E-state index contributed by atoms with van der Waals surface area (Å²) in [5, 5.41) is 0. The number of rotatable bonds is 11. The van der Waals surface area contributed by atoms with E-state index in [0.717, 1.165) is 12.0 Å². The van der Waals surface area contributed by atoms with Crippen LogP contribution in [0, 0.1) is 17.7 Å². The summed E-state index contributed by atoms with van der Waals surface area (Å²) >= 11 is 0. The minimum atomic E-state index is -1.10. The van der Waals surface area contributed by atoms with Crippen LogP contribution in [-0.2, 0) is 4.74 Å². The van der Waals surface area contributed by atoms with Crippen molar-refractivity contribution < 1.29 is 17.9 Å². The van der Waals surface area contributed by atoms with Gasteiger partial charge in [-0.25, -0.2) is 8.78 Å². The lowest BCUT2D eigenvalue weighted by Gasteiger charge is -2.16. The molecule has 158 valence electrons. The molecule has 29 heavy (non-hydrogen) atoms. The molecule has 0 aliphatic rings. The van der Waals surface area contributed by atoms with Crippen molar-refractivity contribution in [3.8, 4) is 0 Å². The molecule has 2 unspecified atom stereocenters. The van der Waals surface area contributed by atoms with E-state index in [2.05, 4.69) is 13.2 Å². The van der Waals surface area contributed by atoms with Gasteiger partial charge in [-0.05, 0) is 55.7 Å². The summed E-state index contributed by atoms with van der Waals surface area (Å²) in [5.41, 5.74) is 1.44. The molecule has 0 aromatic heterocycles. The molecule has 0 saturated heterocycles. The van der Waals surface area contributed by atoms with E-state index < -0.39 is 11.7 Å². The first-order valence-electron chi connectivity index (χ1n) is 9.88. The third kappa shape index (κ3) is 7.80. The van der Waals surface area contributed by atoms with Gasteiger partial charge in [-0.15, -0.1) is 0 Å². The monoisotopic (exact) mass is 404 g/mol. The second-order valence-corrected chi connectivity index (χ2v) is 7.11. The van der Waals surface area contributed by atoms with Crippen LogP contribution in [0.1, 0.15) is 51.7 Å². The Morgan fingerprint density at radius 1 is 1.10 bits per heavy atom. The van der Waals surface area contributed by atoms with Crippen LogP contribution in [0.3, 0.4) is 0 Å². The Kier molecular flexibility index (Phi) is 10.3. The molecule has 0 amide bonds. The maximum atomic E-state index is 14.2. The number of benzene rings is 1. The van der Waals surface area contributed by atoms with Crippen LogP contribution in [0.15, 0.2) is 66.5 Å². The third-order valence-corrected chi connectivity index (χ3v) is 4.68. The van der Waals surface area contributed by atoms with Gasteiger partial charge in [0.2, 0.25) is 0 Å². The first kappa shape index (κ1) is 24.5. The topological polar surface area (TPSA) is 9.23 Å². The van der Waals surface area contributed by atoms with Crippen molar-refractivity contribution in [2.24, 2.45) is 11.8 Å². The molecule has 0 fully saturated rings. The van der Waals surface area contributed by atoms with E-state index in [9.17, 15) is 13.2 Å². The van der Waals surface area contributed by atoms with E-state index in [-0.39, 0.29) is 35.6 Å². The number of halogens is 3. The molecular weight excluding hydrogens is 373 g/mol. The number of hydrogen-bond donors (Lipinski definition) is 0. The summed E-state index contributed by atoms with van der Waals surface area (Å²) in [6.07, 6.45) is 8.78. The molecule has 1 aromatic carbocycles. The highest BCUT2D eigenvalue weighted by Crippen LogP contribution is 2.30. The van der Waals surface area contributed by atoms with Gasteiger partial charge in [0.1, 0.15) is 5.82 Å². The maximum Gasteiger partial charge on any atom is 0.200 e. The summed E-state index contributed by atoms with van der Waals surface area (Å²) in [5.74, 6) is -2.72. The van der Waals surface area contributed by atoms with Crippen LogP contribution in [0.2, 0.25) is 0 Å². The van der Waals surface area contributed by atoms with Crippen LogP contribution in [0.4, 0.5) is 13.2 Å². The Balaban J connectivity index is 2.65. The van der Waals surface area contributed by atoms with E-state index in [4.69, 9.17) is 4.74 Å². The van der Waals surface area contributed by atoms with Gasteiger partial charge in [0.05, 0.1) is 6.61 Å². The Labute approximate surface area is 173 Å². The van der Waals surface area contributed by atoms with Gasteiger partial charge in [0, 0.05) is 5.56 Å². The van der Waals surface area contributed by atoms with Gasteiger partial charge in [0.15, 0.2) is 17.4 Å². The van der Waals surface area contributed by atoms with Crippen molar-refractivity contribution in [2.75, 3.05) is 6.61 Å². The lowest BCUT2D eigenvalue weighted by molar-refractivity contribution is 0.223. The summed E-state index contributed by atoms with van der Waals surface area (Å²) in [6.45, 7) is 14.6. The highest BCUT2D eigenvalue weighted by atomic mass is 19.2. The fourth-order valence-electron chi connectivity index (χ4n) is 2.74. The SMILES string of the molecule is C=C(OCC)/C(F)=C(/F)C(=C)C(C)CCC(C)/C=C/c1ccc(/C=C/C)c(F)c1. The molecule has 1 aromatic rings. The normalized spacial score (nSPS) is 14.7. The van der Waals surface area contributed by atoms with Gasteiger partial charge in [0.25, 0.3) is 0 Å². The van der Waals surface area contributed by atoms with Crippen molar-refractivity contribution in [1.29, 1.82) is 0 Å². The molecule has 0 radical (unpaired) electrons. The van der Waals surface area contributed by atoms with Crippen molar-refractivity contribution in [1.82, 2.24) is 0 Å². The van der Waals surface area contributed by atoms with Crippen molar-refractivity contribution in [3.05, 3.63) is 83.4 Å². The van der Waals surface area contributed by atoms with E-state index >= 15 is 0 Å². The summed E-state index contributed by atoms with van der Waals surface area (Å²) in [4.78, 5) is 0. The zero-order chi connectivity index (χ0) is 22.0. The Morgan fingerprint density at radius 2 is 1.79 bits per heavy atom. The molecule has 1 rings (SSSR count). The molecule has 2 atom stereocenters. The maximum absolute atomic E-state index is 14.2. The van der Waals surface area contributed by atoms with E-state index in [1.807, 2.05) is 39.0 Å². The lowest BCUT2D eigenvalue weighted by atomic mass is 9.91. The molecule has 0 spiro atoms. The number of allylic oxidation sites excluding steroid dienone is 5. The van der Waals surface area contributed by atoms with Crippen LogP contribution >= 0.6 is 0 Å². The average molecular weight is 405 g/mol. The number of hydrogen-bond acceptors (Lipinski definition) is 1. The summed E-state index contributed by atoms with van der Waals surface area (Å²) < 4.78 is 47.1. The molecule has 4 heteroatoms. The highest BCUT2D eigenvalue weighted by molar-refractivity contribution is 5.56. The first-order valence-corrected chi connectivity index (χ1v) is 9.88. The molecule has 0 N–H and O–H groups in total. The molecule has 0 aliphatic heterocycles. The zero-order valence-corrected chi connectivity index (χ0v) is 17.8. The van der Waals surface area contributed by atoms with Gasteiger partial charge >= 0.3 is 0 Å². The van der Waals surface area contributed by atoms with E-state index in [1.54, 1.807) is 25.1 Å². The minimum absolute atomic E-state index is 0.0983. The van der Waals surface area contributed by atoms with Crippen molar-refractivity contribution in [3.63, 3.8) is 0 Å². The largest absolute Gasteiger partial charge is 0.491 e. The van der Waals surface area contributed by atoms with Crippen LogP contribution in [0.25, 0.3) is 12.2 Å². The quantitative estimate of drug-likeness (QED) is 0.267. The predicted octanol–water partition coefficient (Wildman–Crippen LogP) is 8.18. The van der Waals surface area contributed by atoms with E-state index in [0.29, 0.717) is 12.0 Å². The van der Waals surface area contributed by atoms with E-state index in [1.165, 1.54) is 6.07 Å². The molecule has 1 nitrogen and oxygen atoms in total. The standard InChI is InChI=1S/C25H31F3O/c1-7-9-22-15-14-21(16-23(22)26)13-11-17(3)10-12-18(4)19(5)24(27)25(28)20(6)29-8-2/h7,9,11,13-18H,5-6,8,10,12H2,1-4H3/b9-7+,13-11+,25-24-. The summed E-state index contributed by atoms with van der Waals surface area (Å²) in [7, 11) is 0. The smallest absolute Gasteiger partial charge is 0.200 e. The fraction of sp³-hybridized carbons (Fsp3) is 0.360. The number of ether oxygens (including phenoxy) is 1. The second-order valence-electron chi connectivity index (χ2n) is 7.11. The van der Waals surface area contributed by atoms with Gasteiger partial charge in [-0.1, -0.05) is 63.4 Å². The Morgan fingerprint density at radius 3 is 2.38 bits per heavy atom. The highest BCUT2D eigenvalue weighted by Gasteiger charge is 2.19. The van der Waals surface area contributed by atoms with Crippen molar-refractivity contribution in [2.45, 2.75) is 40.5 Å². The Bertz CT molecular complexity index is 802. The first-order chi connectivity index (χ1) is 13.7.